The Labute approximate surface area is 114 Å². The zero-order chi connectivity index (χ0) is 13.6. The van der Waals surface area contributed by atoms with Crippen LogP contribution in [-0.4, -0.2) is 11.4 Å². The second kappa shape index (κ2) is 6.90. The number of thiophene rings is 1. The Morgan fingerprint density at radius 3 is 2.78 bits per heavy atom. The van der Waals surface area contributed by atoms with Gasteiger partial charge in [-0.1, -0.05) is 19.4 Å². The molecule has 1 heterocycles. The Morgan fingerprint density at radius 1 is 1.56 bits per heavy atom. The number of hydrogen-bond acceptors (Lipinski definition) is 3. The summed E-state index contributed by atoms with van der Waals surface area (Å²) in [5, 5.41) is 5.16. The van der Waals surface area contributed by atoms with Gasteiger partial charge < -0.3 is 11.1 Å². The van der Waals surface area contributed by atoms with Gasteiger partial charge in [-0.25, -0.2) is 0 Å². The van der Waals surface area contributed by atoms with Crippen LogP contribution in [0.5, 0.6) is 0 Å². The monoisotopic (exact) mass is 268 g/mol. The van der Waals surface area contributed by atoms with Crippen molar-refractivity contribution in [2.45, 2.75) is 58.0 Å². The molecule has 4 heteroatoms. The second-order valence-corrected chi connectivity index (χ2v) is 6.39. The second-order valence-electron chi connectivity index (χ2n) is 5.41. The van der Waals surface area contributed by atoms with Gasteiger partial charge in [-0.3, -0.25) is 4.79 Å². The molecule has 0 radical (unpaired) electrons. The Morgan fingerprint density at radius 2 is 2.28 bits per heavy atom. The lowest BCUT2D eigenvalue weighted by atomic mass is 9.99. The number of nitrogens with one attached hydrogen (secondary N) is 1. The predicted octanol–water partition coefficient (Wildman–Crippen LogP) is 3.22. The quantitative estimate of drug-likeness (QED) is 0.797. The van der Waals surface area contributed by atoms with Gasteiger partial charge in [0.2, 0.25) is 5.91 Å². The number of carbonyl (C=O) groups is 1. The highest BCUT2D eigenvalue weighted by Crippen LogP contribution is 2.23. The van der Waals surface area contributed by atoms with Gasteiger partial charge in [-0.2, -0.15) is 0 Å². The van der Waals surface area contributed by atoms with Gasteiger partial charge >= 0.3 is 0 Å². The molecule has 0 spiro atoms. The molecule has 0 aliphatic rings. The zero-order valence-corrected chi connectivity index (χ0v) is 12.3. The third-order valence-electron chi connectivity index (χ3n) is 2.80. The first kappa shape index (κ1) is 15.2. The molecule has 0 aromatic carbocycles. The first-order chi connectivity index (χ1) is 8.42. The fourth-order valence-corrected chi connectivity index (χ4v) is 2.58. The molecule has 0 bridgehead atoms. The van der Waals surface area contributed by atoms with Gasteiger partial charge in [0.05, 0.1) is 6.04 Å². The number of hydrogen-bond donors (Lipinski definition) is 2. The molecule has 1 aromatic heterocycles. The lowest BCUT2D eigenvalue weighted by Crippen LogP contribution is -2.35. The molecule has 0 saturated carbocycles. The molecular formula is C14H24N2OS. The van der Waals surface area contributed by atoms with Crippen molar-refractivity contribution in [1.82, 2.24) is 5.32 Å². The van der Waals surface area contributed by atoms with E-state index in [0.29, 0.717) is 12.8 Å². The van der Waals surface area contributed by atoms with Crippen molar-refractivity contribution in [3.8, 4) is 0 Å². The lowest BCUT2D eigenvalue weighted by Gasteiger charge is -2.20. The van der Waals surface area contributed by atoms with E-state index < -0.39 is 0 Å². The standard InChI is InChI=1S/C14H24N2OS/c1-4-6-11(12-7-5-10-18-12)16-13(17)8-9-14(2,3)15/h5,7,10-11H,4,6,8-9,15H2,1-3H3,(H,16,17). The number of nitrogens with two attached hydrogens (primary N) is 1. The molecular weight excluding hydrogens is 244 g/mol. The minimum absolute atomic E-state index is 0.0976. The van der Waals surface area contributed by atoms with Crippen LogP contribution in [0.2, 0.25) is 0 Å². The summed E-state index contributed by atoms with van der Waals surface area (Å²) in [5.41, 5.74) is 5.61. The van der Waals surface area contributed by atoms with Crippen molar-refractivity contribution < 1.29 is 4.79 Å². The SMILES string of the molecule is CCCC(NC(=O)CCC(C)(C)N)c1cccs1. The van der Waals surface area contributed by atoms with Crippen LogP contribution in [-0.2, 0) is 4.79 Å². The van der Waals surface area contributed by atoms with Gasteiger partial charge in [0.1, 0.15) is 0 Å². The van der Waals surface area contributed by atoms with Crippen LogP contribution in [0.25, 0.3) is 0 Å². The van der Waals surface area contributed by atoms with Gasteiger partial charge in [0.25, 0.3) is 0 Å². The molecule has 0 fully saturated rings. The highest BCUT2D eigenvalue weighted by atomic mass is 32.1. The molecule has 1 amide bonds. The van der Waals surface area contributed by atoms with Crippen molar-refractivity contribution >= 4 is 17.2 Å². The van der Waals surface area contributed by atoms with E-state index in [1.165, 1.54) is 4.88 Å². The molecule has 1 aromatic rings. The molecule has 1 atom stereocenters. The first-order valence-electron chi connectivity index (χ1n) is 6.54. The van der Waals surface area contributed by atoms with Crippen molar-refractivity contribution in [2.75, 3.05) is 0 Å². The van der Waals surface area contributed by atoms with E-state index >= 15 is 0 Å². The van der Waals surface area contributed by atoms with Crippen molar-refractivity contribution in [2.24, 2.45) is 5.73 Å². The minimum atomic E-state index is -0.277. The maximum Gasteiger partial charge on any atom is 0.220 e. The summed E-state index contributed by atoms with van der Waals surface area (Å²) in [7, 11) is 0. The summed E-state index contributed by atoms with van der Waals surface area (Å²) in [6, 6.07) is 4.26. The van der Waals surface area contributed by atoms with Gasteiger partial charge in [-0.05, 0) is 38.1 Å². The Balaban J connectivity index is 2.49. The maximum absolute atomic E-state index is 11.9. The molecule has 3 nitrogen and oxygen atoms in total. The van der Waals surface area contributed by atoms with E-state index in [2.05, 4.69) is 18.3 Å². The average molecular weight is 268 g/mol. The molecule has 1 rings (SSSR count). The van der Waals surface area contributed by atoms with E-state index in [1.54, 1.807) is 11.3 Å². The Hall–Kier alpha value is -0.870. The molecule has 0 aliphatic heterocycles. The average Bonchev–Trinajstić information content (AvgIpc) is 2.78. The highest BCUT2D eigenvalue weighted by molar-refractivity contribution is 7.10. The summed E-state index contributed by atoms with van der Waals surface area (Å²) in [5.74, 6) is 0.0976. The lowest BCUT2D eigenvalue weighted by molar-refractivity contribution is -0.122. The van der Waals surface area contributed by atoms with E-state index in [4.69, 9.17) is 5.73 Å². The van der Waals surface area contributed by atoms with Crippen molar-refractivity contribution in [3.63, 3.8) is 0 Å². The zero-order valence-electron chi connectivity index (χ0n) is 11.5. The molecule has 102 valence electrons. The number of amides is 1. The maximum atomic E-state index is 11.9. The predicted molar refractivity (Wildman–Crippen MR) is 77.6 cm³/mol. The summed E-state index contributed by atoms with van der Waals surface area (Å²) in [6.07, 6.45) is 3.25. The fourth-order valence-electron chi connectivity index (χ4n) is 1.77. The molecule has 0 aliphatic carbocycles. The summed E-state index contributed by atoms with van der Waals surface area (Å²) in [6.45, 7) is 6.03. The van der Waals surface area contributed by atoms with E-state index in [1.807, 2.05) is 25.3 Å². The van der Waals surface area contributed by atoms with Gasteiger partial charge in [0, 0.05) is 16.8 Å². The Kier molecular flexibility index (Phi) is 5.82. The van der Waals surface area contributed by atoms with Crippen molar-refractivity contribution in [3.05, 3.63) is 22.4 Å². The Bertz CT molecular complexity index is 354. The van der Waals surface area contributed by atoms with Gasteiger partial charge in [0.15, 0.2) is 0 Å². The van der Waals surface area contributed by atoms with E-state index in [0.717, 1.165) is 12.8 Å². The topological polar surface area (TPSA) is 55.1 Å². The largest absolute Gasteiger partial charge is 0.348 e. The third-order valence-corrected chi connectivity index (χ3v) is 3.78. The molecule has 3 N–H and O–H groups in total. The van der Waals surface area contributed by atoms with Crippen LogP contribution in [0.4, 0.5) is 0 Å². The van der Waals surface area contributed by atoms with Crippen LogP contribution in [0.3, 0.4) is 0 Å². The molecule has 1 unspecified atom stereocenters. The highest BCUT2D eigenvalue weighted by Gasteiger charge is 2.17. The fraction of sp³-hybridized carbons (Fsp3) is 0.643. The third kappa shape index (κ3) is 5.65. The summed E-state index contributed by atoms with van der Waals surface area (Å²) in [4.78, 5) is 13.1. The van der Waals surface area contributed by atoms with Crippen LogP contribution >= 0.6 is 11.3 Å². The summed E-state index contributed by atoms with van der Waals surface area (Å²) < 4.78 is 0. The van der Waals surface area contributed by atoms with Crippen LogP contribution in [0, 0.1) is 0 Å². The number of carbonyl (C=O) groups excluding carboxylic acids is 1. The van der Waals surface area contributed by atoms with Gasteiger partial charge in [-0.15, -0.1) is 11.3 Å². The molecule has 0 saturated heterocycles. The normalized spacial score (nSPS) is 13.3. The van der Waals surface area contributed by atoms with E-state index in [-0.39, 0.29) is 17.5 Å². The molecule has 18 heavy (non-hydrogen) atoms. The van der Waals surface area contributed by atoms with Crippen LogP contribution < -0.4 is 11.1 Å². The summed E-state index contributed by atoms with van der Waals surface area (Å²) >= 11 is 1.70. The first-order valence-corrected chi connectivity index (χ1v) is 7.42. The van der Waals surface area contributed by atoms with Crippen LogP contribution in [0.1, 0.15) is 57.4 Å². The smallest absolute Gasteiger partial charge is 0.220 e. The van der Waals surface area contributed by atoms with Crippen LogP contribution in [0.15, 0.2) is 17.5 Å². The van der Waals surface area contributed by atoms with Crippen molar-refractivity contribution in [1.29, 1.82) is 0 Å². The minimum Gasteiger partial charge on any atom is -0.348 e. The van der Waals surface area contributed by atoms with E-state index in [9.17, 15) is 4.79 Å². The number of rotatable bonds is 7.